The van der Waals surface area contributed by atoms with Gasteiger partial charge in [-0.15, -0.1) is 0 Å². The minimum Gasteiger partial charge on any atom is -0.508 e. The molecule has 0 unspecified atom stereocenters. The largest absolute Gasteiger partial charge is 0.508 e. The third-order valence-corrected chi connectivity index (χ3v) is 4.92. The van der Waals surface area contributed by atoms with E-state index >= 15 is 0 Å². The van der Waals surface area contributed by atoms with Crippen LogP contribution in [-0.2, 0) is 15.9 Å². The summed E-state index contributed by atoms with van der Waals surface area (Å²) in [5, 5.41) is 9.92. The number of anilines is 2. The van der Waals surface area contributed by atoms with Crippen LogP contribution < -0.4 is 14.5 Å². The van der Waals surface area contributed by atoms with Gasteiger partial charge in [-0.1, -0.05) is 18.2 Å². The lowest BCUT2D eigenvalue weighted by molar-refractivity contribution is 0.121. The molecule has 150 valence electrons. The maximum Gasteiger partial charge on any atom is 0.230 e. The van der Waals surface area contributed by atoms with Gasteiger partial charge in [-0.2, -0.15) is 9.97 Å². The van der Waals surface area contributed by atoms with Crippen molar-refractivity contribution < 1.29 is 19.3 Å². The van der Waals surface area contributed by atoms with Crippen molar-refractivity contribution >= 4 is 11.8 Å². The highest BCUT2D eigenvalue weighted by molar-refractivity contribution is 5.48. The summed E-state index contributed by atoms with van der Waals surface area (Å²) in [7, 11) is 0. The summed E-state index contributed by atoms with van der Waals surface area (Å²) in [4.78, 5) is 13.7. The molecule has 0 aliphatic carbocycles. The molecule has 0 saturated carbocycles. The van der Waals surface area contributed by atoms with Gasteiger partial charge in [-0.05, 0) is 11.6 Å². The molecule has 2 saturated heterocycles. The Morgan fingerprint density at radius 2 is 1.61 bits per heavy atom. The van der Waals surface area contributed by atoms with Crippen LogP contribution in [-0.4, -0.2) is 74.3 Å². The number of phenolic OH excluding ortho intramolecular Hbond substituents is 1. The SMILES string of the molecule is Oc1ccccc1CCOc1cc(N2CCOCC2)nc(N2CCOCC2)n1. The highest BCUT2D eigenvalue weighted by Gasteiger charge is 2.20. The molecule has 8 heteroatoms. The van der Waals surface area contributed by atoms with Crippen molar-refractivity contribution in [3.8, 4) is 11.6 Å². The molecule has 28 heavy (non-hydrogen) atoms. The molecule has 0 spiro atoms. The fourth-order valence-corrected chi connectivity index (χ4v) is 3.32. The third kappa shape index (κ3) is 4.63. The van der Waals surface area contributed by atoms with E-state index in [0.29, 0.717) is 51.3 Å². The number of aromatic hydroxyl groups is 1. The standard InChI is InChI=1S/C20H26N4O4/c25-17-4-2-1-3-16(17)5-10-28-19-15-18(23-6-11-26-12-7-23)21-20(22-19)24-8-13-27-14-9-24/h1-4,15,25H,5-14H2. The van der Waals surface area contributed by atoms with E-state index in [9.17, 15) is 5.11 Å². The second-order valence-electron chi connectivity index (χ2n) is 6.79. The van der Waals surface area contributed by atoms with Gasteiger partial charge in [-0.25, -0.2) is 0 Å². The van der Waals surface area contributed by atoms with Gasteiger partial charge in [0.15, 0.2) is 0 Å². The fourth-order valence-electron chi connectivity index (χ4n) is 3.32. The lowest BCUT2D eigenvalue weighted by Crippen LogP contribution is -2.39. The molecule has 0 atom stereocenters. The summed E-state index contributed by atoms with van der Waals surface area (Å²) < 4.78 is 16.8. The fraction of sp³-hybridized carbons (Fsp3) is 0.500. The molecule has 8 nitrogen and oxygen atoms in total. The lowest BCUT2D eigenvalue weighted by Gasteiger charge is -2.31. The van der Waals surface area contributed by atoms with Gasteiger partial charge in [0, 0.05) is 38.7 Å². The molecular formula is C20H26N4O4. The Balaban J connectivity index is 1.50. The number of morpholine rings is 2. The average Bonchev–Trinajstić information content (AvgIpc) is 2.76. The average molecular weight is 386 g/mol. The summed E-state index contributed by atoms with van der Waals surface area (Å²) in [5.74, 6) is 2.37. The molecule has 4 rings (SSSR count). The molecule has 3 heterocycles. The number of aromatic nitrogens is 2. The van der Waals surface area contributed by atoms with Crippen LogP contribution in [0.2, 0.25) is 0 Å². The first-order valence-corrected chi connectivity index (χ1v) is 9.74. The van der Waals surface area contributed by atoms with E-state index < -0.39 is 0 Å². The van der Waals surface area contributed by atoms with Gasteiger partial charge >= 0.3 is 0 Å². The first kappa shape index (κ1) is 18.8. The first-order valence-electron chi connectivity index (χ1n) is 9.74. The highest BCUT2D eigenvalue weighted by atomic mass is 16.5. The number of para-hydroxylation sites is 1. The first-order chi connectivity index (χ1) is 13.8. The predicted octanol–water partition coefficient (Wildman–Crippen LogP) is 1.48. The Morgan fingerprint density at radius 3 is 2.32 bits per heavy atom. The van der Waals surface area contributed by atoms with Crippen LogP contribution in [0.1, 0.15) is 5.56 Å². The molecular weight excluding hydrogens is 360 g/mol. The van der Waals surface area contributed by atoms with Crippen molar-refractivity contribution in [1.29, 1.82) is 0 Å². The van der Waals surface area contributed by atoms with Crippen LogP contribution in [0.25, 0.3) is 0 Å². The molecule has 2 aromatic rings. The normalized spacial score (nSPS) is 17.6. The van der Waals surface area contributed by atoms with Crippen LogP contribution in [0.15, 0.2) is 30.3 Å². The number of hydrogen-bond acceptors (Lipinski definition) is 8. The summed E-state index contributed by atoms with van der Waals surface area (Å²) in [5.41, 5.74) is 0.860. The number of benzene rings is 1. The second-order valence-corrected chi connectivity index (χ2v) is 6.79. The van der Waals surface area contributed by atoms with Crippen LogP contribution in [0.4, 0.5) is 11.8 Å². The van der Waals surface area contributed by atoms with Crippen molar-refractivity contribution in [2.75, 3.05) is 69.0 Å². The zero-order valence-corrected chi connectivity index (χ0v) is 15.9. The molecule has 1 N–H and O–H groups in total. The van der Waals surface area contributed by atoms with E-state index in [4.69, 9.17) is 19.2 Å². The van der Waals surface area contributed by atoms with Crippen molar-refractivity contribution in [2.24, 2.45) is 0 Å². The summed E-state index contributed by atoms with van der Waals surface area (Å²) in [6, 6.07) is 9.20. The molecule has 2 aliphatic rings. The Bertz CT molecular complexity index is 740. The van der Waals surface area contributed by atoms with Gasteiger partial charge in [-0.3, -0.25) is 0 Å². The number of rotatable bonds is 6. The van der Waals surface area contributed by atoms with E-state index in [1.807, 2.05) is 24.3 Å². The summed E-state index contributed by atoms with van der Waals surface area (Å²) >= 11 is 0. The maximum atomic E-state index is 9.92. The van der Waals surface area contributed by atoms with E-state index in [1.165, 1.54) is 0 Å². The smallest absolute Gasteiger partial charge is 0.230 e. The van der Waals surface area contributed by atoms with E-state index in [1.54, 1.807) is 6.07 Å². The van der Waals surface area contributed by atoms with E-state index in [-0.39, 0.29) is 5.75 Å². The Morgan fingerprint density at radius 1 is 0.929 bits per heavy atom. The molecule has 0 radical (unpaired) electrons. The van der Waals surface area contributed by atoms with Gasteiger partial charge in [0.2, 0.25) is 11.8 Å². The van der Waals surface area contributed by atoms with Crippen molar-refractivity contribution in [1.82, 2.24) is 9.97 Å². The van der Waals surface area contributed by atoms with E-state index in [0.717, 1.165) is 37.6 Å². The van der Waals surface area contributed by atoms with Gasteiger partial charge in [0.05, 0.1) is 33.0 Å². The van der Waals surface area contributed by atoms with Crippen molar-refractivity contribution in [2.45, 2.75) is 6.42 Å². The highest BCUT2D eigenvalue weighted by Crippen LogP contribution is 2.24. The maximum absolute atomic E-state index is 9.92. The van der Waals surface area contributed by atoms with Crippen LogP contribution >= 0.6 is 0 Å². The van der Waals surface area contributed by atoms with Crippen LogP contribution in [0.3, 0.4) is 0 Å². The molecule has 0 amide bonds. The van der Waals surface area contributed by atoms with E-state index in [2.05, 4.69) is 14.8 Å². The monoisotopic (exact) mass is 386 g/mol. The summed E-state index contributed by atoms with van der Waals surface area (Å²) in [6.45, 7) is 6.31. The minimum atomic E-state index is 0.289. The molecule has 2 aliphatic heterocycles. The van der Waals surface area contributed by atoms with Gasteiger partial charge in [0.1, 0.15) is 11.6 Å². The Labute approximate surface area is 164 Å². The second kappa shape index (κ2) is 9.07. The number of phenols is 1. The van der Waals surface area contributed by atoms with Crippen molar-refractivity contribution in [3.05, 3.63) is 35.9 Å². The minimum absolute atomic E-state index is 0.289. The Hall–Kier alpha value is -2.58. The third-order valence-electron chi connectivity index (χ3n) is 4.92. The number of nitrogens with zero attached hydrogens (tertiary/aromatic N) is 4. The number of ether oxygens (including phenoxy) is 3. The molecule has 2 fully saturated rings. The predicted molar refractivity (Wildman–Crippen MR) is 105 cm³/mol. The van der Waals surface area contributed by atoms with Crippen LogP contribution in [0, 0.1) is 0 Å². The molecule has 1 aromatic heterocycles. The van der Waals surface area contributed by atoms with Crippen molar-refractivity contribution in [3.63, 3.8) is 0 Å². The zero-order chi connectivity index (χ0) is 19.2. The quantitative estimate of drug-likeness (QED) is 0.800. The Kier molecular flexibility index (Phi) is 6.08. The number of hydrogen-bond donors (Lipinski definition) is 1. The summed E-state index contributed by atoms with van der Waals surface area (Å²) in [6.07, 6.45) is 0.608. The van der Waals surface area contributed by atoms with Gasteiger partial charge < -0.3 is 29.1 Å². The van der Waals surface area contributed by atoms with Crippen LogP contribution in [0.5, 0.6) is 11.6 Å². The molecule has 1 aromatic carbocycles. The zero-order valence-electron chi connectivity index (χ0n) is 15.9. The molecule has 0 bridgehead atoms. The van der Waals surface area contributed by atoms with Gasteiger partial charge in [0.25, 0.3) is 0 Å². The lowest BCUT2D eigenvalue weighted by atomic mass is 10.1. The topological polar surface area (TPSA) is 80.2 Å².